The number of benzene rings is 1. The largest absolute Gasteiger partial charge is 0.356 e. The third kappa shape index (κ3) is 5.45. The first-order valence-electron chi connectivity index (χ1n) is 9.30. The van der Waals surface area contributed by atoms with Crippen molar-refractivity contribution in [3.05, 3.63) is 35.4 Å². The molecule has 1 fully saturated rings. The second-order valence-electron chi connectivity index (χ2n) is 7.36. The van der Waals surface area contributed by atoms with Crippen LogP contribution in [0.4, 0.5) is 0 Å². The van der Waals surface area contributed by atoms with Gasteiger partial charge in [-0.3, -0.25) is 4.99 Å². The molecule has 0 radical (unpaired) electrons. The number of nitrogens with one attached hydrogen (secondary N) is 2. The quantitative estimate of drug-likeness (QED) is 0.558. The van der Waals surface area contributed by atoms with E-state index >= 15 is 0 Å². The first-order chi connectivity index (χ1) is 12.3. The van der Waals surface area contributed by atoms with Crippen molar-refractivity contribution in [2.24, 2.45) is 4.99 Å². The Bertz CT molecular complexity index is 712. The highest BCUT2D eigenvalue weighted by Gasteiger charge is 2.27. The minimum absolute atomic E-state index is 0.0395. The number of aryl methyl sites for hydroxylation is 1. The van der Waals surface area contributed by atoms with Gasteiger partial charge >= 0.3 is 0 Å². The minimum atomic E-state index is -3.04. The summed E-state index contributed by atoms with van der Waals surface area (Å²) < 4.78 is 25.2. The highest BCUT2D eigenvalue weighted by molar-refractivity contribution is 7.89. The molecule has 0 aliphatic carbocycles. The smallest absolute Gasteiger partial charge is 0.214 e. The maximum Gasteiger partial charge on any atom is 0.214 e. The van der Waals surface area contributed by atoms with E-state index in [4.69, 9.17) is 0 Å². The van der Waals surface area contributed by atoms with Gasteiger partial charge in [-0.15, -0.1) is 0 Å². The zero-order chi connectivity index (χ0) is 19.2. The average molecular weight is 381 g/mol. The molecule has 26 heavy (non-hydrogen) atoms. The highest BCUT2D eigenvalue weighted by Crippen LogP contribution is 2.22. The van der Waals surface area contributed by atoms with Crippen LogP contribution < -0.4 is 10.6 Å². The van der Waals surface area contributed by atoms with Crippen LogP contribution in [0.3, 0.4) is 0 Å². The fourth-order valence-corrected chi connectivity index (χ4v) is 4.59. The van der Waals surface area contributed by atoms with Crippen LogP contribution in [0.2, 0.25) is 0 Å². The normalized spacial score (nSPS) is 18.1. The number of hydrogen-bond acceptors (Lipinski definition) is 3. The fraction of sp³-hybridized carbons (Fsp3) is 0.632. The van der Waals surface area contributed by atoms with Gasteiger partial charge in [0.1, 0.15) is 0 Å². The molecule has 0 amide bonds. The number of guanidine groups is 1. The molecule has 0 atom stereocenters. The first kappa shape index (κ1) is 20.7. The Balaban J connectivity index is 1.83. The maximum atomic E-state index is 11.8. The molecule has 1 heterocycles. The molecule has 0 unspecified atom stereocenters. The number of nitrogens with zero attached hydrogens (tertiary/aromatic N) is 2. The molecule has 0 spiro atoms. The summed E-state index contributed by atoms with van der Waals surface area (Å²) in [4.78, 5) is 4.24. The Morgan fingerprint density at radius 3 is 2.46 bits per heavy atom. The van der Waals surface area contributed by atoms with E-state index in [1.54, 1.807) is 11.4 Å². The Morgan fingerprint density at radius 2 is 1.92 bits per heavy atom. The van der Waals surface area contributed by atoms with Crippen molar-refractivity contribution in [1.29, 1.82) is 0 Å². The van der Waals surface area contributed by atoms with Gasteiger partial charge in [0.05, 0.1) is 5.75 Å². The van der Waals surface area contributed by atoms with Gasteiger partial charge < -0.3 is 10.6 Å². The van der Waals surface area contributed by atoms with E-state index in [9.17, 15) is 8.42 Å². The summed E-state index contributed by atoms with van der Waals surface area (Å²) in [6.45, 7) is 8.94. The Morgan fingerprint density at radius 1 is 1.23 bits per heavy atom. The third-order valence-corrected chi connectivity index (χ3v) is 6.88. The van der Waals surface area contributed by atoms with Gasteiger partial charge in [-0.1, -0.05) is 45.0 Å². The van der Waals surface area contributed by atoms with Crippen molar-refractivity contribution in [1.82, 2.24) is 14.9 Å². The predicted molar refractivity (Wildman–Crippen MR) is 108 cm³/mol. The molecule has 0 bridgehead atoms. The second-order valence-corrected chi connectivity index (χ2v) is 9.44. The standard InChI is InChI=1S/C19H32N4O2S/c1-5-16-7-9-17(10-8-16)19(2,3)15-22-18(20-4)21-11-13-23-12-6-14-26(23,24)25/h7-10H,5-6,11-15H2,1-4H3,(H2,20,21,22). The predicted octanol–water partition coefficient (Wildman–Crippen LogP) is 1.73. The van der Waals surface area contributed by atoms with Crippen LogP contribution in [0.25, 0.3) is 0 Å². The molecule has 7 heteroatoms. The lowest BCUT2D eigenvalue weighted by molar-refractivity contribution is 0.444. The Labute approximate surface area is 158 Å². The van der Waals surface area contributed by atoms with Crippen LogP contribution in [0, 0.1) is 0 Å². The van der Waals surface area contributed by atoms with E-state index in [2.05, 4.69) is 60.7 Å². The zero-order valence-electron chi connectivity index (χ0n) is 16.4. The molecule has 1 aliphatic rings. The molecule has 2 rings (SSSR count). The summed E-state index contributed by atoms with van der Waals surface area (Å²) in [6.07, 6.45) is 1.77. The monoisotopic (exact) mass is 380 g/mol. The molecule has 1 saturated heterocycles. The summed E-state index contributed by atoms with van der Waals surface area (Å²) in [7, 11) is -1.31. The lowest BCUT2D eigenvalue weighted by Crippen LogP contribution is -2.45. The van der Waals surface area contributed by atoms with E-state index in [1.807, 2.05) is 0 Å². The van der Waals surface area contributed by atoms with Crippen molar-refractivity contribution >= 4 is 16.0 Å². The van der Waals surface area contributed by atoms with Crippen molar-refractivity contribution < 1.29 is 8.42 Å². The lowest BCUT2D eigenvalue weighted by Gasteiger charge is -2.27. The Kier molecular flexibility index (Phi) is 7.06. The van der Waals surface area contributed by atoms with Crippen LogP contribution in [-0.4, -0.2) is 57.7 Å². The first-order valence-corrected chi connectivity index (χ1v) is 10.9. The van der Waals surface area contributed by atoms with Gasteiger partial charge in [-0.25, -0.2) is 12.7 Å². The molecule has 2 N–H and O–H groups in total. The third-order valence-electron chi connectivity index (χ3n) is 4.92. The minimum Gasteiger partial charge on any atom is -0.356 e. The second kappa shape index (κ2) is 8.86. The van der Waals surface area contributed by atoms with E-state index in [1.165, 1.54) is 11.1 Å². The summed E-state index contributed by atoms with van der Waals surface area (Å²) in [6, 6.07) is 8.74. The number of aliphatic imine (C=N–C) groups is 1. The van der Waals surface area contributed by atoms with Crippen molar-refractivity contribution in [2.75, 3.05) is 39.0 Å². The van der Waals surface area contributed by atoms with E-state index in [0.717, 1.165) is 19.4 Å². The van der Waals surface area contributed by atoms with E-state index in [-0.39, 0.29) is 11.2 Å². The van der Waals surface area contributed by atoms with Crippen molar-refractivity contribution in [3.8, 4) is 0 Å². The molecule has 6 nitrogen and oxygen atoms in total. The highest BCUT2D eigenvalue weighted by atomic mass is 32.2. The van der Waals surface area contributed by atoms with Crippen LogP contribution in [0.1, 0.15) is 38.3 Å². The van der Waals surface area contributed by atoms with E-state index in [0.29, 0.717) is 25.6 Å². The molecule has 1 aromatic carbocycles. The molecule has 1 aromatic rings. The summed E-state index contributed by atoms with van der Waals surface area (Å²) in [5, 5.41) is 6.56. The van der Waals surface area contributed by atoms with Gasteiger partial charge in [0.25, 0.3) is 0 Å². The molecule has 1 aliphatic heterocycles. The topological polar surface area (TPSA) is 73.8 Å². The molecule has 0 saturated carbocycles. The lowest BCUT2D eigenvalue weighted by atomic mass is 9.84. The number of rotatable bonds is 7. The van der Waals surface area contributed by atoms with Crippen molar-refractivity contribution in [2.45, 2.75) is 39.0 Å². The summed E-state index contributed by atoms with van der Waals surface area (Å²) in [5.74, 6) is 0.963. The summed E-state index contributed by atoms with van der Waals surface area (Å²) >= 11 is 0. The van der Waals surface area contributed by atoms with Crippen LogP contribution in [-0.2, 0) is 21.9 Å². The molecular weight excluding hydrogens is 348 g/mol. The molecule has 146 valence electrons. The van der Waals surface area contributed by atoms with Gasteiger partial charge in [-0.2, -0.15) is 0 Å². The maximum absolute atomic E-state index is 11.8. The van der Waals surface area contributed by atoms with Gasteiger partial charge in [0.15, 0.2) is 5.96 Å². The van der Waals surface area contributed by atoms with Crippen LogP contribution >= 0.6 is 0 Å². The summed E-state index contributed by atoms with van der Waals surface area (Å²) in [5.41, 5.74) is 2.58. The van der Waals surface area contributed by atoms with Gasteiger partial charge in [0.2, 0.25) is 10.0 Å². The average Bonchev–Trinajstić information content (AvgIpc) is 2.96. The van der Waals surface area contributed by atoms with Crippen molar-refractivity contribution in [3.63, 3.8) is 0 Å². The Hall–Kier alpha value is -1.60. The molecule has 0 aromatic heterocycles. The van der Waals surface area contributed by atoms with Gasteiger partial charge in [-0.05, 0) is 24.0 Å². The van der Waals surface area contributed by atoms with Crippen LogP contribution in [0.5, 0.6) is 0 Å². The SMILES string of the molecule is CCc1ccc(C(C)(C)CNC(=NC)NCCN2CCCS2(=O)=O)cc1. The van der Waals surface area contributed by atoms with E-state index < -0.39 is 10.0 Å². The zero-order valence-corrected chi connectivity index (χ0v) is 17.2. The number of hydrogen-bond donors (Lipinski definition) is 2. The molecular formula is C19H32N4O2S. The fourth-order valence-electron chi connectivity index (χ4n) is 3.06. The van der Waals surface area contributed by atoms with Gasteiger partial charge in [0, 0.05) is 38.6 Å². The number of sulfonamides is 1. The van der Waals surface area contributed by atoms with Crippen LogP contribution in [0.15, 0.2) is 29.3 Å².